The van der Waals surface area contributed by atoms with Crippen LogP contribution in [0.4, 0.5) is 0 Å². The number of aryl methyl sites for hydroxylation is 2. The highest BCUT2D eigenvalue weighted by molar-refractivity contribution is 7.86. The highest BCUT2D eigenvalue weighted by atomic mass is 32.2. The van der Waals surface area contributed by atoms with Crippen molar-refractivity contribution in [3.63, 3.8) is 0 Å². The smallest absolute Gasteiger partial charge is 0.328 e. The molecule has 0 saturated heterocycles. The monoisotopic (exact) mass is 639 g/mol. The summed E-state index contributed by atoms with van der Waals surface area (Å²) in [6.07, 6.45) is 2.74. The summed E-state index contributed by atoms with van der Waals surface area (Å²) < 4.78 is 40.4. The number of methoxy groups -OCH3 is 1. The quantitative estimate of drug-likeness (QED) is 0.151. The molecule has 0 aliphatic heterocycles. The molecule has 0 atom stereocenters. The van der Waals surface area contributed by atoms with Crippen LogP contribution < -0.4 is 27.2 Å². The Kier molecular flexibility index (Phi) is 9.48. The second kappa shape index (κ2) is 13.1. The first-order valence-electron chi connectivity index (χ1n) is 13.4. The van der Waals surface area contributed by atoms with Crippen molar-refractivity contribution in [2.75, 3.05) is 20.2 Å². The normalized spacial score (nSPS) is 11.3. The molecule has 45 heavy (non-hydrogen) atoms. The predicted molar refractivity (Wildman–Crippen MR) is 161 cm³/mol. The van der Waals surface area contributed by atoms with E-state index < -0.39 is 49.2 Å². The molecule has 2 aromatic heterocycles. The van der Waals surface area contributed by atoms with Crippen molar-refractivity contribution in [2.45, 2.75) is 31.8 Å². The highest BCUT2D eigenvalue weighted by Gasteiger charge is 2.21. The Bertz CT molecular complexity index is 2050. The molecule has 4 aromatic rings. The van der Waals surface area contributed by atoms with Crippen LogP contribution >= 0.6 is 0 Å². The summed E-state index contributed by atoms with van der Waals surface area (Å²) in [7, 11) is -3.47. The van der Waals surface area contributed by atoms with Crippen LogP contribution in [0.5, 0.6) is 5.75 Å². The molecular formula is C29H29N5O10S. The van der Waals surface area contributed by atoms with Gasteiger partial charge in [-0.2, -0.15) is 8.42 Å². The third-order valence-corrected chi connectivity index (χ3v) is 7.86. The first-order valence-corrected chi connectivity index (χ1v) is 14.8. The molecule has 0 unspecified atom stereocenters. The van der Waals surface area contributed by atoms with Gasteiger partial charge in [0.25, 0.3) is 27.1 Å². The number of nitrogens with zero attached hydrogens (tertiary/aromatic N) is 3. The van der Waals surface area contributed by atoms with E-state index in [1.54, 1.807) is 0 Å². The molecule has 2 aromatic carbocycles. The van der Waals surface area contributed by atoms with Crippen LogP contribution in [0.15, 0.2) is 78.9 Å². The van der Waals surface area contributed by atoms with Gasteiger partial charge in [0.15, 0.2) is 5.78 Å². The van der Waals surface area contributed by atoms with Gasteiger partial charge in [0, 0.05) is 66.4 Å². The number of aromatic amines is 2. The van der Waals surface area contributed by atoms with Crippen molar-refractivity contribution < 1.29 is 27.3 Å². The van der Waals surface area contributed by atoms with Gasteiger partial charge < -0.3 is 9.64 Å². The number of aromatic nitrogens is 4. The van der Waals surface area contributed by atoms with Crippen LogP contribution in [0.25, 0.3) is 0 Å². The second-order valence-electron chi connectivity index (χ2n) is 10.1. The molecule has 15 nitrogen and oxygen atoms in total. The van der Waals surface area contributed by atoms with Crippen LogP contribution in [0.3, 0.4) is 0 Å². The van der Waals surface area contributed by atoms with E-state index in [1.807, 2.05) is 0 Å². The Morgan fingerprint density at radius 3 is 1.73 bits per heavy atom. The van der Waals surface area contributed by atoms with Crippen LogP contribution in [-0.4, -0.2) is 68.9 Å². The summed E-state index contributed by atoms with van der Waals surface area (Å²) in [5.74, 6) is -1.23. The maximum absolute atomic E-state index is 13.6. The number of nitrogens with one attached hydrogen (secondary N) is 2. The number of carbonyl (C=O) groups is 2. The molecule has 0 aliphatic rings. The number of ketones is 1. The standard InChI is InChI=1S/C29H29N5O10S/c1-17-15-33(28(39)30-25(17)36)12-10-32(11-13-34-16-18(2)26(37)31-29(34)40)27(38)20-6-4-19(5-7-20)24(35)21-8-9-22(44-3)23(14-21)45(41,42)43/h4-9,14-16H,10-13H2,1-3H3,(H,30,36,39)(H,31,37,40)(H,41,42,43). The lowest BCUT2D eigenvalue weighted by atomic mass is 10.0. The van der Waals surface area contributed by atoms with E-state index in [9.17, 15) is 41.7 Å². The second-order valence-corrected chi connectivity index (χ2v) is 11.5. The zero-order chi connectivity index (χ0) is 33.1. The summed E-state index contributed by atoms with van der Waals surface area (Å²) in [6, 6.07) is 9.07. The van der Waals surface area contributed by atoms with E-state index in [2.05, 4.69) is 9.97 Å². The van der Waals surface area contributed by atoms with Gasteiger partial charge in [0.05, 0.1) is 7.11 Å². The van der Waals surface area contributed by atoms with Gasteiger partial charge >= 0.3 is 11.4 Å². The van der Waals surface area contributed by atoms with Crippen molar-refractivity contribution in [2.24, 2.45) is 0 Å². The number of benzene rings is 2. The molecule has 0 fully saturated rings. The fourth-order valence-corrected chi connectivity index (χ4v) is 5.16. The van der Waals surface area contributed by atoms with E-state index in [1.165, 1.54) is 83.8 Å². The first kappa shape index (κ1) is 32.6. The minimum atomic E-state index is -4.68. The lowest BCUT2D eigenvalue weighted by Gasteiger charge is -2.24. The third kappa shape index (κ3) is 7.42. The average molecular weight is 640 g/mol. The Balaban J connectivity index is 1.60. The largest absolute Gasteiger partial charge is 0.495 e. The maximum atomic E-state index is 13.6. The van der Waals surface area contributed by atoms with E-state index in [4.69, 9.17) is 4.74 Å². The van der Waals surface area contributed by atoms with Crippen molar-refractivity contribution in [3.05, 3.63) is 124 Å². The fourth-order valence-electron chi connectivity index (χ4n) is 4.47. The molecular weight excluding hydrogens is 610 g/mol. The number of rotatable bonds is 11. The molecule has 0 aliphatic carbocycles. The Labute approximate surface area is 255 Å². The lowest BCUT2D eigenvalue weighted by Crippen LogP contribution is -2.41. The maximum Gasteiger partial charge on any atom is 0.328 e. The number of ether oxygens (including phenoxy) is 1. The molecule has 4 rings (SSSR count). The molecule has 16 heteroatoms. The minimum Gasteiger partial charge on any atom is -0.495 e. The number of hydrogen-bond acceptors (Lipinski definition) is 9. The van der Waals surface area contributed by atoms with Gasteiger partial charge in [-0.25, -0.2) is 9.59 Å². The molecule has 2 heterocycles. The van der Waals surface area contributed by atoms with Gasteiger partial charge in [0.2, 0.25) is 0 Å². The number of hydrogen-bond donors (Lipinski definition) is 3. The van der Waals surface area contributed by atoms with E-state index in [-0.39, 0.29) is 48.6 Å². The van der Waals surface area contributed by atoms with Crippen molar-refractivity contribution >= 4 is 21.8 Å². The van der Waals surface area contributed by atoms with Gasteiger partial charge in [-0.3, -0.25) is 42.8 Å². The highest BCUT2D eigenvalue weighted by Crippen LogP contribution is 2.26. The van der Waals surface area contributed by atoms with Gasteiger partial charge in [-0.05, 0) is 44.2 Å². The van der Waals surface area contributed by atoms with Gasteiger partial charge in [0.1, 0.15) is 10.6 Å². The zero-order valence-electron chi connectivity index (χ0n) is 24.4. The van der Waals surface area contributed by atoms with Crippen LogP contribution in [-0.2, 0) is 23.2 Å². The summed E-state index contributed by atoms with van der Waals surface area (Å²) in [5, 5.41) is 0. The molecule has 3 N–H and O–H groups in total. The predicted octanol–water partition coefficient (Wildman–Crippen LogP) is 0.332. The third-order valence-electron chi connectivity index (χ3n) is 6.98. The first-order chi connectivity index (χ1) is 21.2. The SMILES string of the molecule is COc1ccc(C(=O)c2ccc(C(=O)N(CCn3cc(C)c(=O)[nH]c3=O)CCn3cc(C)c(=O)[nH]c3=O)cc2)cc1S(=O)(=O)O. The molecule has 1 amide bonds. The van der Waals surface area contributed by atoms with E-state index in [0.29, 0.717) is 11.1 Å². The van der Waals surface area contributed by atoms with Crippen LogP contribution in [0.2, 0.25) is 0 Å². The molecule has 0 saturated carbocycles. The van der Waals surface area contributed by atoms with Crippen LogP contribution in [0.1, 0.15) is 37.4 Å². The molecule has 236 valence electrons. The van der Waals surface area contributed by atoms with Crippen molar-refractivity contribution in [3.8, 4) is 5.75 Å². The summed E-state index contributed by atoms with van der Waals surface area (Å²) in [4.78, 5) is 80.1. The molecule has 0 radical (unpaired) electrons. The van der Waals surface area contributed by atoms with E-state index >= 15 is 0 Å². The van der Waals surface area contributed by atoms with Crippen LogP contribution in [0, 0.1) is 13.8 Å². The van der Waals surface area contributed by atoms with Crippen molar-refractivity contribution in [1.29, 1.82) is 0 Å². The van der Waals surface area contributed by atoms with E-state index in [0.717, 1.165) is 6.07 Å². The Hall–Kier alpha value is -5.35. The topological polar surface area (TPSA) is 211 Å². The Morgan fingerprint density at radius 1 is 0.800 bits per heavy atom. The zero-order valence-corrected chi connectivity index (χ0v) is 25.2. The Morgan fingerprint density at radius 2 is 1.27 bits per heavy atom. The lowest BCUT2D eigenvalue weighted by molar-refractivity contribution is 0.0742. The minimum absolute atomic E-state index is 0.00583. The van der Waals surface area contributed by atoms with Gasteiger partial charge in [-0.1, -0.05) is 12.1 Å². The van der Waals surface area contributed by atoms with Crippen molar-refractivity contribution in [1.82, 2.24) is 24.0 Å². The van der Waals surface area contributed by atoms with Gasteiger partial charge in [-0.15, -0.1) is 0 Å². The number of H-pyrrole nitrogens is 2. The summed E-state index contributed by atoms with van der Waals surface area (Å²) in [6.45, 7) is 3.05. The number of amides is 1. The molecule has 0 spiro atoms. The number of carbonyl (C=O) groups excluding carboxylic acids is 2. The summed E-state index contributed by atoms with van der Waals surface area (Å²) >= 11 is 0. The average Bonchev–Trinajstić information content (AvgIpc) is 3.00. The summed E-state index contributed by atoms with van der Waals surface area (Å²) in [5.41, 5.74) is -1.57. The fraction of sp³-hybridized carbons (Fsp3) is 0.241. The molecule has 0 bridgehead atoms.